The zero-order chi connectivity index (χ0) is 12.0. The zero-order valence-electron chi connectivity index (χ0n) is 8.83. The van der Waals surface area contributed by atoms with Crippen LogP contribution in [0.1, 0.15) is 19.3 Å². The Kier molecular flexibility index (Phi) is 4.58. The predicted octanol–water partition coefficient (Wildman–Crippen LogP) is 2.67. The lowest BCUT2D eigenvalue weighted by Crippen LogP contribution is -2.24. The number of alkyl halides is 3. The van der Waals surface area contributed by atoms with Crippen molar-refractivity contribution < 1.29 is 18.0 Å². The van der Waals surface area contributed by atoms with Crippen LogP contribution >= 0.6 is 0 Å². The van der Waals surface area contributed by atoms with E-state index >= 15 is 0 Å². The highest BCUT2D eigenvalue weighted by Crippen LogP contribution is 2.16. The summed E-state index contributed by atoms with van der Waals surface area (Å²) in [5.74, 6) is -1.82. The van der Waals surface area contributed by atoms with Gasteiger partial charge in [-0.1, -0.05) is 6.08 Å². The minimum absolute atomic E-state index is 0.542. The minimum atomic E-state index is -4.77. The van der Waals surface area contributed by atoms with E-state index in [1.165, 1.54) is 12.5 Å². The van der Waals surface area contributed by atoms with Crippen molar-refractivity contribution in [3.8, 4) is 0 Å². The third-order valence-corrected chi connectivity index (χ3v) is 2.33. The van der Waals surface area contributed by atoms with Crippen molar-refractivity contribution >= 4 is 5.78 Å². The molecule has 90 valence electrons. The van der Waals surface area contributed by atoms with Crippen molar-refractivity contribution in [1.82, 2.24) is 4.90 Å². The lowest BCUT2D eigenvalue weighted by Gasteiger charge is -2.24. The monoisotopic (exact) mass is 233 g/mol. The Hall–Kier alpha value is -1.26. The van der Waals surface area contributed by atoms with Gasteiger partial charge in [-0.2, -0.15) is 13.2 Å². The summed E-state index contributed by atoms with van der Waals surface area (Å²) >= 11 is 0. The van der Waals surface area contributed by atoms with E-state index in [0.29, 0.717) is 6.08 Å². The predicted molar refractivity (Wildman–Crippen MR) is 54.8 cm³/mol. The number of rotatable bonds is 3. The van der Waals surface area contributed by atoms with Crippen molar-refractivity contribution in [2.45, 2.75) is 25.4 Å². The van der Waals surface area contributed by atoms with Crippen LogP contribution < -0.4 is 0 Å². The summed E-state index contributed by atoms with van der Waals surface area (Å²) in [6, 6.07) is 0. The van der Waals surface area contributed by atoms with E-state index in [9.17, 15) is 18.0 Å². The molecule has 1 aliphatic heterocycles. The molecule has 0 bridgehead atoms. The van der Waals surface area contributed by atoms with Crippen molar-refractivity contribution in [3.05, 3.63) is 24.4 Å². The van der Waals surface area contributed by atoms with Crippen LogP contribution in [0.25, 0.3) is 0 Å². The van der Waals surface area contributed by atoms with Crippen molar-refractivity contribution in [3.63, 3.8) is 0 Å². The van der Waals surface area contributed by atoms with Gasteiger partial charge in [0.05, 0.1) is 0 Å². The smallest absolute Gasteiger partial charge is 0.377 e. The van der Waals surface area contributed by atoms with Crippen molar-refractivity contribution in [2.75, 3.05) is 13.1 Å². The third kappa shape index (κ3) is 4.51. The van der Waals surface area contributed by atoms with Gasteiger partial charge in [-0.15, -0.1) is 0 Å². The molecule has 1 fully saturated rings. The Labute approximate surface area is 92.4 Å². The first kappa shape index (κ1) is 12.8. The first-order valence-corrected chi connectivity index (χ1v) is 5.20. The molecule has 1 rings (SSSR count). The van der Waals surface area contributed by atoms with E-state index in [4.69, 9.17) is 0 Å². The Morgan fingerprint density at radius 2 is 1.69 bits per heavy atom. The van der Waals surface area contributed by atoms with Crippen LogP contribution in [0.15, 0.2) is 24.4 Å². The SMILES string of the molecule is O=C(/C=C/C=C/N1CCCCC1)C(F)(F)F. The van der Waals surface area contributed by atoms with Gasteiger partial charge in [-0.3, -0.25) is 4.79 Å². The van der Waals surface area contributed by atoms with Crippen LogP contribution in [0.2, 0.25) is 0 Å². The number of carbonyl (C=O) groups excluding carboxylic acids is 1. The quantitative estimate of drug-likeness (QED) is 0.551. The summed E-state index contributed by atoms with van der Waals surface area (Å²) in [5, 5.41) is 0. The standard InChI is InChI=1S/C11H14F3NO/c12-11(13,14)10(16)6-2-5-9-15-7-3-1-4-8-15/h2,5-6,9H,1,3-4,7-8H2/b6-2+,9-5+. The molecule has 0 aromatic heterocycles. The Morgan fingerprint density at radius 1 is 1.06 bits per heavy atom. The summed E-state index contributed by atoms with van der Waals surface area (Å²) in [5.41, 5.74) is 0. The second-order valence-electron chi connectivity index (χ2n) is 3.66. The molecule has 0 N–H and O–H groups in total. The van der Waals surface area contributed by atoms with Crippen molar-refractivity contribution in [2.24, 2.45) is 0 Å². The highest BCUT2D eigenvalue weighted by molar-refractivity contribution is 5.94. The fraction of sp³-hybridized carbons (Fsp3) is 0.545. The molecule has 0 atom stereocenters. The highest BCUT2D eigenvalue weighted by atomic mass is 19.4. The molecule has 0 spiro atoms. The lowest BCUT2D eigenvalue weighted by atomic mass is 10.1. The molecular weight excluding hydrogens is 219 g/mol. The first-order valence-electron chi connectivity index (χ1n) is 5.20. The summed E-state index contributed by atoms with van der Waals surface area (Å²) in [7, 11) is 0. The molecule has 1 saturated heterocycles. The van der Waals surface area contributed by atoms with Crippen LogP contribution in [-0.4, -0.2) is 29.9 Å². The van der Waals surface area contributed by atoms with Gasteiger partial charge in [0.25, 0.3) is 5.78 Å². The first-order chi connectivity index (χ1) is 7.50. The van der Waals surface area contributed by atoms with E-state index in [2.05, 4.69) is 0 Å². The second kappa shape index (κ2) is 5.72. The third-order valence-electron chi connectivity index (χ3n) is 2.33. The Bertz CT molecular complexity index is 288. The van der Waals surface area contributed by atoms with Gasteiger partial charge in [0.1, 0.15) is 0 Å². The van der Waals surface area contributed by atoms with Gasteiger partial charge in [-0.05, 0) is 37.6 Å². The lowest BCUT2D eigenvalue weighted by molar-refractivity contribution is -0.165. The number of halogens is 3. The number of nitrogens with zero attached hydrogens (tertiary/aromatic N) is 1. The molecule has 0 amide bonds. The molecule has 5 heteroatoms. The number of allylic oxidation sites excluding steroid dienone is 3. The molecule has 0 aliphatic carbocycles. The van der Waals surface area contributed by atoms with E-state index in [1.54, 1.807) is 6.20 Å². The van der Waals surface area contributed by atoms with Gasteiger partial charge in [0.2, 0.25) is 0 Å². The number of hydrogen-bond acceptors (Lipinski definition) is 2. The maximum atomic E-state index is 11.8. The Morgan fingerprint density at radius 3 is 2.25 bits per heavy atom. The van der Waals surface area contributed by atoms with Gasteiger partial charge in [0.15, 0.2) is 0 Å². The summed E-state index contributed by atoms with van der Waals surface area (Å²) in [6.07, 6.45) is 3.51. The fourth-order valence-corrected chi connectivity index (χ4v) is 1.48. The van der Waals surface area contributed by atoms with Gasteiger partial charge in [0, 0.05) is 13.1 Å². The molecule has 16 heavy (non-hydrogen) atoms. The molecule has 0 aromatic carbocycles. The molecule has 0 aromatic rings. The highest BCUT2D eigenvalue weighted by Gasteiger charge is 2.35. The molecule has 2 nitrogen and oxygen atoms in total. The fourth-order valence-electron chi connectivity index (χ4n) is 1.48. The summed E-state index contributed by atoms with van der Waals surface area (Å²) in [4.78, 5) is 12.5. The van der Waals surface area contributed by atoms with Gasteiger partial charge in [-0.25, -0.2) is 0 Å². The zero-order valence-corrected chi connectivity index (χ0v) is 8.83. The van der Waals surface area contributed by atoms with Crippen LogP contribution in [0.4, 0.5) is 13.2 Å². The van der Waals surface area contributed by atoms with Gasteiger partial charge < -0.3 is 4.90 Å². The number of ketones is 1. The van der Waals surface area contributed by atoms with Crippen LogP contribution in [0, 0.1) is 0 Å². The molecule has 1 heterocycles. The van der Waals surface area contributed by atoms with E-state index in [1.807, 2.05) is 4.90 Å². The number of hydrogen-bond donors (Lipinski definition) is 0. The normalized spacial score (nSPS) is 18.6. The second-order valence-corrected chi connectivity index (χ2v) is 3.66. The van der Waals surface area contributed by atoms with E-state index < -0.39 is 12.0 Å². The summed E-state index contributed by atoms with van der Waals surface area (Å²) in [6.45, 7) is 1.86. The van der Waals surface area contributed by atoms with Crippen LogP contribution in [-0.2, 0) is 4.79 Å². The Balaban J connectivity index is 2.35. The van der Waals surface area contributed by atoms with E-state index in [-0.39, 0.29) is 0 Å². The maximum absolute atomic E-state index is 11.8. The average Bonchev–Trinajstić information content (AvgIpc) is 2.24. The molecule has 0 unspecified atom stereocenters. The van der Waals surface area contributed by atoms with E-state index in [0.717, 1.165) is 32.0 Å². The molecule has 1 aliphatic rings. The minimum Gasteiger partial charge on any atom is -0.377 e. The number of piperidine rings is 1. The van der Waals surface area contributed by atoms with Crippen molar-refractivity contribution in [1.29, 1.82) is 0 Å². The average molecular weight is 233 g/mol. The molecular formula is C11H14F3NO. The number of carbonyl (C=O) groups is 1. The summed E-state index contributed by atoms with van der Waals surface area (Å²) < 4.78 is 35.4. The molecule has 0 saturated carbocycles. The molecule has 0 radical (unpaired) electrons. The number of likely N-dealkylation sites (tertiary alicyclic amines) is 1. The van der Waals surface area contributed by atoms with Gasteiger partial charge >= 0.3 is 6.18 Å². The largest absolute Gasteiger partial charge is 0.454 e. The maximum Gasteiger partial charge on any atom is 0.454 e. The topological polar surface area (TPSA) is 20.3 Å². The van der Waals surface area contributed by atoms with Crippen LogP contribution in [0.3, 0.4) is 0 Å². The van der Waals surface area contributed by atoms with Crippen LogP contribution in [0.5, 0.6) is 0 Å².